The molecule has 0 aliphatic heterocycles. The minimum atomic E-state index is -1.73. The van der Waals surface area contributed by atoms with E-state index in [1.807, 2.05) is 18.3 Å². The van der Waals surface area contributed by atoms with Gasteiger partial charge in [-0.1, -0.05) is 55.0 Å². The fourth-order valence-electron chi connectivity index (χ4n) is 3.93. The third-order valence-corrected chi connectivity index (χ3v) is 7.15. The molecule has 1 aromatic heterocycles. The van der Waals surface area contributed by atoms with Gasteiger partial charge in [0.15, 0.2) is 0 Å². The highest BCUT2D eigenvalue weighted by atomic mass is 28.3. The van der Waals surface area contributed by atoms with E-state index in [0.717, 1.165) is 38.0 Å². The molecule has 0 radical (unpaired) electrons. The van der Waals surface area contributed by atoms with Crippen molar-refractivity contribution < 1.29 is 4.39 Å². The van der Waals surface area contributed by atoms with Crippen molar-refractivity contribution in [1.29, 1.82) is 0 Å². The summed E-state index contributed by atoms with van der Waals surface area (Å²) in [5, 5.41) is 5.06. The predicted octanol–water partition coefficient (Wildman–Crippen LogP) is 6.36. The van der Waals surface area contributed by atoms with Crippen LogP contribution in [0.25, 0.3) is 32.8 Å². The molecule has 136 valence electrons. The lowest BCUT2D eigenvalue weighted by Gasteiger charge is -2.19. The third kappa shape index (κ3) is 3.17. The van der Waals surface area contributed by atoms with Crippen LogP contribution < -0.4 is 5.19 Å². The lowest BCUT2D eigenvalue weighted by atomic mass is 9.97. The zero-order valence-corrected chi connectivity index (χ0v) is 17.5. The molecule has 0 atom stereocenters. The smallest absolute Gasteiger partial charge is 0.123 e. The summed E-state index contributed by atoms with van der Waals surface area (Å²) in [6, 6.07) is 16.5. The molecule has 0 saturated carbocycles. The van der Waals surface area contributed by atoms with Gasteiger partial charge in [0.05, 0.1) is 13.8 Å². The van der Waals surface area contributed by atoms with Gasteiger partial charge in [0.1, 0.15) is 5.82 Å². The van der Waals surface area contributed by atoms with Crippen molar-refractivity contribution in [2.45, 2.75) is 33.5 Å². The molecule has 3 heteroatoms. The van der Waals surface area contributed by atoms with Gasteiger partial charge in [0.25, 0.3) is 0 Å². The van der Waals surface area contributed by atoms with Crippen molar-refractivity contribution in [3.63, 3.8) is 0 Å². The fourth-order valence-corrected chi connectivity index (χ4v) is 5.30. The van der Waals surface area contributed by atoms with Crippen LogP contribution in [0.5, 0.6) is 0 Å². The summed E-state index contributed by atoms with van der Waals surface area (Å²) < 4.78 is 14.9. The molecule has 0 aliphatic carbocycles. The molecule has 0 amide bonds. The second kappa shape index (κ2) is 6.27. The van der Waals surface area contributed by atoms with Crippen molar-refractivity contribution in [1.82, 2.24) is 4.98 Å². The third-order valence-electron chi connectivity index (χ3n) is 5.15. The van der Waals surface area contributed by atoms with E-state index >= 15 is 0 Å². The molecule has 0 fully saturated rings. The number of hydrogen-bond acceptors (Lipinski definition) is 1. The van der Waals surface area contributed by atoms with Gasteiger partial charge < -0.3 is 0 Å². The number of rotatable bonds is 2. The quantitative estimate of drug-likeness (QED) is 0.294. The number of hydrogen-bond donors (Lipinski definition) is 0. The average molecular weight is 374 g/mol. The van der Waals surface area contributed by atoms with Crippen LogP contribution in [-0.2, 0) is 0 Å². The molecule has 0 unspecified atom stereocenters. The minimum absolute atomic E-state index is 0.0843. The van der Waals surface area contributed by atoms with E-state index in [4.69, 9.17) is 0 Å². The van der Waals surface area contributed by atoms with Gasteiger partial charge in [-0.25, -0.2) is 4.39 Å². The minimum Gasteiger partial charge on any atom is -0.256 e. The van der Waals surface area contributed by atoms with E-state index in [1.165, 1.54) is 11.1 Å². The van der Waals surface area contributed by atoms with Crippen LogP contribution >= 0.6 is 0 Å². The molecular weight excluding hydrogens is 349 g/mol. The summed E-state index contributed by atoms with van der Waals surface area (Å²) in [7, 11) is -1.73. The standard InChI is InChI=1S/C24H24FNSi/c1-15-10-16(2)12-18(11-15)24-20-7-6-17-13-23(27(3,4)5)22(25)14-21(17)19(20)8-9-26-24/h6-14H,1-5H3. The SMILES string of the molecule is Cc1cc(C)cc(-c2nccc3c2ccc2cc([Si](C)(C)C)c(F)cc23)c1. The number of aromatic nitrogens is 1. The lowest BCUT2D eigenvalue weighted by molar-refractivity contribution is 0.637. The highest BCUT2D eigenvalue weighted by molar-refractivity contribution is 6.88. The number of pyridine rings is 1. The summed E-state index contributed by atoms with van der Waals surface area (Å²) in [4.78, 5) is 4.66. The maximum Gasteiger partial charge on any atom is 0.123 e. The summed E-state index contributed by atoms with van der Waals surface area (Å²) >= 11 is 0. The zero-order valence-electron chi connectivity index (χ0n) is 16.5. The van der Waals surface area contributed by atoms with Gasteiger partial charge in [-0.2, -0.15) is 0 Å². The van der Waals surface area contributed by atoms with Gasteiger partial charge in [0.2, 0.25) is 0 Å². The van der Waals surface area contributed by atoms with Crippen LogP contribution in [0.4, 0.5) is 4.39 Å². The maximum atomic E-state index is 14.9. The summed E-state index contributed by atoms with van der Waals surface area (Å²) in [5.74, 6) is -0.0843. The molecule has 4 rings (SSSR count). The van der Waals surface area contributed by atoms with E-state index < -0.39 is 8.07 Å². The van der Waals surface area contributed by atoms with Gasteiger partial charge in [-0.05, 0) is 59.5 Å². The Kier molecular flexibility index (Phi) is 4.15. The first kappa shape index (κ1) is 17.9. The first-order chi connectivity index (χ1) is 12.7. The van der Waals surface area contributed by atoms with Gasteiger partial charge in [0, 0.05) is 17.1 Å². The monoisotopic (exact) mass is 373 g/mol. The maximum absolute atomic E-state index is 14.9. The Morgan fingerprint density at radius 3 is 2.15 bits per heavy atom. The van der Waals surface area contributed by atoms with Crippen LogP contribution in [0, 0.1) is 19.7 Å². The van der Waals surface area contributed by atoms with Crippen molar-refractivity contribution in [3.05, 3.63) is 71.7 Å². The van der Waals surface area contributed by atoms with Crippen molar-refractivity contribution in [2.75, 3.05) is 0 Å². The molecule has 0 spiro atoms. The number of fused-ring (bicyclic) bond motifs is 3. The summed E-state index contributed by atoms with van der Waals surface area (Å²) in [5.41, 5.74) is 4.50. The Hall–Kier alpha value is -2.52. The second-order valence-corrected chi connectivity index (χ2v) is 13.5. The lowest BCUT2D eigenvalue weighted by Crippen LogP contribution is -2.39. The highest BCUT2D eigenvalue weighted by Crippen LogP contribution is 2.32. The average Bonchev–Trinajstić information content (AvgIpc) is 2.58. The van der Waals surface area contributed by atoms with E-state index in [0.29, 0.717) is 0 Å². The molecule has 27 heavy (non-hydrogen) atoms. The predicted molar refractivity (Wildman–Crippen MR) is 117 cm³/mol. The van der Waals surface area contributed by atoms with Crippen LogP contribution in [0.3, 0.4) is 0 Å². The Morgan fingerprint density at radius 2 is 1.48 bits per heavy atom. The summed E-state index contributed by atoms with van der Waals surface area (Å²) in [6.45, 7) is 10.7. The number of nitrogens with zero attached hydrogens (tertiary/aromatic N) is 1. The molecule has 0 aliphatic rings. The number of aryl methyl sites for hydroxylation is 2. The Labute approximate surface area is 160 Å². The van der Waals surface area contributed by atoms with E-state index in [2.05, 4.69) is 68.8 Å². The first-order valence-electron chi connectivity index (χ1n) is 9.34. The van der Waals surface area contributed by atoms with Gasteiger partial charge >= 0.3 is 0 Å². The molecule has 0 saturated heterocycles. The molecule has 1 nitrogen and oxygen atoms in total. The first-order valence-corrected chi connectivity index (χ1v) is 12.8. The Morgan fingerprint density at radius 1 is 0.778 bits per heavy atom. The molecule has 4 aromatic rings. The Bertz CT molecular complexity index is 1170. The highest BCUT2D eigenvalue weighted by Gasteiger charge is 2.22. The van der Waals surface area contributed by atoms with E-state index in [-0.39, 0.29) is 5.82 Å². The topological polar surface area (TPSA) is 12.9 Å². The van der Waals surface area contributed by atoms with Crippen molar-refractivity contribution in [2.24, 2.45) is 0 Å². The van der Waals surface area contributed by atoms with Crippen molar-refractivity contribution >= 4 is 34.8 Å². The molecule has 0 bridgehead atoms. The molecular formula is C24H24FNSi. The van der Waals surface area contributed by atoms with E-state index in [1.54, 1.807) is 6.07 Å². The number of halogens is 1. The van der Waals surface area contributed by atoms with Crippen LogP contribution in [0.2, 0.25) is 19.6 Å². The largest absolute Gasteiger partial charge is 0.256 e. The van der Waals surface area contributed by atoms with Crippen LogP contribution in [0.1, 0.15) is 11.1 Å². The zero-order chi connectivity index (χ0) is 19.3. The van der Waals surface area contributed by atoms with Crippen LogP contribution in [0.15, 0.2) is 54.7 Å². The summed E-state index contributed by atoms with van der Waals surface area (Å²) in [6.07, 6.45) is 1.83. The van der Waals surface area contributed by atoms with E-state index in [9.17, 15) is 4.39 Å². The molecule has 1 heterocycles. The normalized spacial score (nSPS) is 12.1. The Balaban J connectivity index is 2.03. The molecule has 3 aromatic carbocycles. The van der Waals surface area contributed by atoms with Gasteiger partial charge in [-0.3, -0.25) is 4.98 Å². The van der Waals surface area contributed by atoms with Gasteiger partial charge in [-0.15, -0.1) is 0 Å². The van der Waals surface area contributed by atoms with Crippen LogP contribution in [-0.4, -0.2) is 13.1 Å². The molecule has 0 N–H and O–H groups in total. The van der Waals surface area contributed by atoms with Crippen molar-refractivity contribution in [3.8, 4) is 11.3 Å². The fraction of sp³-hybridized carbons (Fsp3) is 0.208. The number of benzene rings is 3. The second-order valence-electron chi connectivity index (χ2n) is 8.50.